The molecule has 3 aliphatic carbocycles. The van der Waals surface area contributed by atoms with Crippen LogP contribution in [0.25, 0.3) is 55.6 Å². The number of fused-ring (bicyclic) bond motifs is 12. The van der Waals surface area contributed by atoms with Crippen LogP contribution in [0.5, 0.6) is 11.5 Å². The molecule has 1 heterocycles. The summed E-state index contributed by atoms with van der Waals surface area (Å²) in [6.07, 6.45) is 5.05. The van der Waals surface area contributed by atoms with E-state index in [0.717, 1.165) is 56.6 Å². The molecule has 1 aliphatic heterocycles. The van der Waals surface area contributed by atoms with E-state index in [2.05, 4.69) is 235 Å². The lowest BCUT2D eigenvalue weighted by atomic mass is 9.70. The summed E-state index contributed by atoms with van der Waals surface area (Å²) in [4.78, 5) is 2.49. The van der Waals surface area contributed by atoms with Crippen LogP contribution in [0.4, 0.5) is 11.4 Å². The molecule has 9 aromatic carbocycles. The van der Waals surface area contributed by atoms with Crippen molar-refractivity contribution in [2.24, 2.45) is 0 Å². The Bertz CT molecular complexity index is 3300. The van der Waals surface area contributed by atoms with Crippen molar-refractivity contribution in [3.63, 3.8) is 0 Å². The Labute approximate surface area is 373 Å². The zero-order chi connectivity index (χ0) is 42.2. The second kappa shape index (κ2) is 14.5. The standard InChI is InChI=1S/C61H41NO2/c1-4-17-40(18-5-1)43-23-16-24-45(37-43)62(55-34-31-44(41-19-6-2-7-20-41)38-51(55)42-21-8-3-9-22-42)46-32-35-56-58(39-46)63-57-36-33-50-49-27-12-15-30-54(49)61(59(50)60(57)64-56)52-28-13-10-25-47(52)48-26-11-14-29-53(48)61/h1-38,46H,39H2. The first-order valence-electron chi connectivity index (χ1n) is 22.2. The topological polar surface area (TPSA) is 21.7 Å². The fourth-order valence-corrected chi connectivity index (χ4v) is 10.9. The van der Waals surface area contributed by atoms with Crippen molar-refractivity contribution in [2.75, 3.05) is 4.90 Å². The van der Waals surface area contributed by atoms with Gasteiger partial charge in [0, 0.05) is 28.9 Å². The Morgan fingerprint density at radius 2 is 0.969 bits per heavy atom. The Balaban J connectivity index is 0.946. The Kier molecular flexibility index (Phi) is 8.26. The molecule has 4 aliphatic rings. The number of hydrogen-bond donors (Lipinski definition) is 0. The van der Waals surface area contributed by atoms with Gasteiger partial charge < -0.3 is 14.4 Å². The van der Waals surface area contributed by atoms with E-state index in [0.29, 0.717) is 6.42 Å². The highest BCUT2D eigenvalue weighted by Crippen LogP contribution is 2.66. The predicted octanol–water partition coefficient (Wildman–Crippen LogP) is 15.2. The normalized spacial score (nSPS) is 15.5. The van der Waals surface area contributed by atoms with E-state index in [1.54, 1.807) is 0 Å². The summed E-state index contributed by atoms with van der Waals surface area (Å²) in [5, 5.41) is 0. The van der Waals surface area contributed by atoms with Gasteiger partial charge in [-0.05, 0) is 103 Å². The highest BCUT2D eigenvalue weighted by Gasteiger charge is 2.54. The maximum absolute atomic E-state index is 7.25. The van der Waals surface area contributed by atoms with Crippen LogP contribution in [-0.4, -0.2) is 6.04 Å². The number of rotatable bonds is 6. The first kappa shape index (κ1) is 36.5. The highest BCUT2D eigenvalue weighted by molar-refractivity contribution is 5.97. The van der Waals surface area contributed by atoms with Crippen LogP contribution in [0.2, 0.25) is 0 Å². The molecule has 0 radical (unpaired) electrons. The molecule has 1 unspecified atom stereocenters. The van der Waals surface area contributed by atoms with Gasteiger partial charge in [0.15, 0.2) is 17.3 Å². The van der Waals surface area contributed by atoms with Gasteiger partial charge in [0.25, 0.3) is 0 Å². The van der Waals surface area contributed by atoms with Crippen LogP contribution in [0.1, 0.15) is 28.7 Å². The van der Waals surface area contributed by atoms with Crippen molar-refractivity contribution in [2.45, 2.75) is 17.9 Å². The van der Waals surface area contributed by atoms with Gasteiger partial charge in [-0.2, -0.15) is 0 Å². The number of nitrogens with zero attached hydrogens (tertiary/aromatic N) is 1. The summed E-state index contributed by atoms with van der Waals surface area (Å²) in [5.41, 5.74) is 18.6. The summed E-state index contributed by atoms with van der Waals surface area (Å²) in [5.74, 6) is 3.11. The number of anilines is 2. The summed E-state index contributed by atoms with van der Waals surface area (Å²) < 4.78 is 14.4. The fourth-order valence-electron chi connectivity index (χ4n) is 10.9. The van der Waals surface area contributed by atoms with Crippen LogP contribution in [0.3, 0.4) is 0 Å². The lowest BCUT2D eigenvalue weighted by Gasteiger charge is -2.38. The molecule has 1 atom stereocenters. The number of benzene rings is 9. The van der Waals surface area contributed by atoms with Gasteiger partial charge >= 0.3 is 0 Å². The molecule has 64 heavy (non-hydrogen) atoms. The molecule has 1 spiro atoms. The summed E-state index contributed by atoms with van der Waals surface area (Å²) in [6.45, 7) is 0. The number of allylic oxidation sites excluding steroid dienone is 1. The second-order valence-corrected chi connectivity index (χ2v) is 17.1. The van der Waals surface area contributed by atoms with Crippen LogP contribution in [0, 0.1) is 0 Å². The molecule has 0 bridgehead atoms. The van der Waals surface area contributed by atoms with E-state index in [1.165, 1.54) is 55.6 Å². The van der Waals surface area contributed by atoms with Gasteiger partial charge in [0.1, 0.15) is 5.76 Å². The number of hydrogen-bond acceptors (Lipinski definition) is 3. The minimum Gasteiger partial charge on any atom is -0.454 e. The third-order valence-electron chi connectivity index (χ3n) is 13.7. The summed E-state index contributed by atoms with van der Waals surface area (Å²) in [6, 6.07) is 78.8. The predicted molar refractivity (Wildman–Crippen MR) is 260 cm³/mol. The molecule has 9 aromatic rings. The van der Waals surface area contributed by atoms with E-state index >= 15 is 0 Å². The van der Waals surface area contributed by atoms with E-state index in [9.17, 15) is 0 Å². The fraction of sp³-hybridized carbons (Fsp3) is 0.0492. The first-order valence-corrected chi connectivity index (χ1v) is 22.2. The Morgan fingerprint density at radius 3 is 1.61 bits per heavy atom. The molecule has 13 rings (SSSR count). The third kappa shape index (κ3) is 5.47. The molecule has 0 N–H and O–H groups in total. The molecule has 0 saturated heterocycles. The minimum absolute atomic E-state index is 0.0985. The average molecular weight is 820 g/mol. The quantitative estimate of drug-likeness (QED) is 0.167. The molecular weight excluding hydrogens is 779 g/mol. The minimum atomic E-state index is -0.548. The van der Waals surface area contributed by atoms with Crippen molar-refractivity contribution in [3.05, 3.63) is 264 Å². The molecule has 302 valence electrons. The van der Waals surface area contributed by atoms with Crippen molar-refractivity contribution < 1.29 is 9.47 Å². The van der Waals surface area contributed by atoms with Crippen LogP contribution in [-0.2, 0) is 5.41 Å². The number of ether oxygens (including phenoxy) is 2. The van der Waals surface area contributed by atoms with Crippen LogP contribution < -0.4 is 14.4 Å². The Morgan fingerprint density at radius 1 is 0.422 bits per heavy atom. The van der Waals surface area contributed by atoms with Gasteiger partial charge in [-0.3, -0.25) is 0 Å². The SMILES string of the molecule is C1=CC(N(c2cccc(-c3ccccc3)c2)c2ccc(-c3ccccc3)cc2-c2ccccc2)CC2=C1Oc1c(ccc3c1C1(c4ccccc4-c4ccccc41)c1ccccc1-3)O2. The van der Waals surface area contributed by atoms with Crippen LogP contribution in [0.15, 0.2) is 242 Å². The van der Waals surface area contributed by atoms with Crippen molar-refractivity contribution >= 4 is 11.4 Å². The van der Waals surface area contributed by atoms with Gasteiger partial charge in [-0.1, -0.05) is 194 Å². The van der Waals surface area contributed by atoms with Gasteiger partial charge in [0.05, 0.1) is 11.5 Å². The van der Waals surface area contributed by atoms with E-state index < -0.39 is 5.41 Å². The van der Waals surface area contributed by atoms with Crippen molar-refractivity contribution in [1.29, 1.82) is 0 Å². The summed E-state index contributed by atoms with van der Waals surface area (Å²) in [7, 11) is 0. The van der Waals surface area contributed by atoms with Gasteiger partial charge in [0.2, 0.25) is 0 Å². The molecule has 0 saturated carbocycles. The molecule has 0 aromatic heterocycles. The molecule has 0 amide bonds. The molecule has 3 nitrogen and oxygen atoms in total. The first-order chi connectivity index (χ1) is 31.7. The van der Waals surface area contributed by atoms with Crippen molar-refractivity contribution in [3.8, 4) is 67.1 Å². The zero-order valence-corrected chi connectivity index (χ0v) is 35.0. The average Bonchev–Trinajstić information content (AvgIpc) is 3.84. The summed E-state index contributed by atoms with van der Waals surface area (Å²) >= 11 is 0. The monoisotopic (exact) mass is 819 g/mol. The lowest BCUT2D eigenvalue weighted by molar-refractivity contribution is 0.282. The van der Waals surface area contributed by atoms with E-state index in [4.69, 9.17) is 9.47 Å². The van der Waals surface area contributed by atoms with Crippen molar-refractivity contribution in [1.82, 2.24) is 0 Å². The third-order valence-corrected chi connectivity index (χ3v) is 13.7. The molecule has 0 fully saturated rings. The van der Waals surface area contributed by atoms with Gasteiger partial charge in [-0.15, -0.1) is 0 Å². The smallest absolute Gasteiger partial charge is 0.175 e. The maximum Gasteiger partial charge on any atom is 0.175 e. The second-order valence-electron chi connectivity index (χ2n) is 17.1. The molecule has 3 heteroatoms. The van der Waals surface area contributed by atoms with Crippen LogP contribution >= 0.6 is 0 Å². The largest absolute Gasteiger partial charge is 0.454 e. The Hall–Kier alpha value is -8.14. The van der Waals surface area contributed by atoms with E-state index in [-0.39, 0.29) is 6.04 Å². The lowest BCUT2D eigenvalue weighted by Crippen LogP contribution is -2.34. The maximum atomic E-state index is 7.25. The zero-order valence-electron chi connectivity index (χ0n) is 35.0. The molecular formula is C61H41NO2. The highest BCUT2D eigenvalue weighted by atomic mass is 16.6. The van der Waals surface area contributed by atoms with E-state index in [1.807, 2.05) is 0 Å². The van der Waals surface area contributed by atoms with Gasteiger partial charge in [-0.25, -0.2) is 0 Å².